The topological polar surface area (TPSA) is 67.4 Å². The zero-order chi connectivity index (χ0) is 22.4. The summed E-state index contributed by atoms with van der Waals surface area (Å²) in [5, 5.41) is 7.69. The Morgan fingerprint density at radius 2 is 1.65 bits per heavy atom. The highest BCUT2D eigenvalue weighted by atomic mass is 19.1. The lowest BCUT2D eigenvalue weighted by Crippen LogP contribution is -2.49. The molecule has 0 aliphatic rings. The van der Waals surface area contributed by atoms with Crippen molar-refractivity contribution in [3.05, 3.63) is 83.7 Å². The second kappa shape index (κ2) is 9.60. The molecular weight excluding hydrogens is 395 g/mol. The molecule has 0 fully saturated rings. The van der Waals surface area contributed by atoms with Crippen LogP contribution in [0.2, 0.25) is 0 Å². The minimum Gasteiger partial charge on any atom is -0.444 e. The van der Waals surface area contributed by atoms with E-state index in [1.807, 2.05) is 42.5 Å². The zero-order valence-electron chi connectivity index (χ0n) is 17.9. The molecule has 5 nitrogen and oxygen atoms in total. The Hall–Kier alpha value is -3.41. The van der Waals surface area contributed by atoms with Gasteiger partial charge >= 0.3 is 6.09 Å². The first-order chi connectivity index (χ1) is 14.7. The van der Waals surface area contributed by atoms with Crippen LogP contribution < -0.4 is 10.6 Å². The van der Waals surface area contributed by atoms with E-state index in [4.69, 9.17) is 4.74 Å². The molecule has 0 aliphatic carbocycles. The maximum Gasteiger partial charge on any atom is 0.408 e. The molecule has 0 saturated carbocycles. The van der Waals surface area contributed by atoms with Crippen molar-refractivity contribution < 1.29 is 18.7 Å². The number of rotatable bonds is 6. The van der Waals surface area contributed by atoms with Crippen LogP contribution in [-0.4, -0.2) is 23.6 Å². The minimum absolute atomic E-state index is 0.209. The lowest BCUT2D eigenvalue weighted by molar-refractivity contribution is -0.123. The molecule has 3 aromatic rings. The molecule has 162 valence electrons. The van der Waals surface area contributed by atoms with E-state index >= 15 is 0 Å². The van der Waals surface area contributed by atoms with Gasteiger partial charge in [0.2, 0.25) is 5.91 Å². The van der Waals surface area contributed by atoms with Crippen molar-refractivity contribution in [3.8, 4) is 0 Å². The van der Waals surface area contributed by atoms with E-state index in [-0.39, 0.29) is 18.1 Å². The van der Waals surface area contributed by atoms with Gasteiger partial charge in [-0.25, -0.2) is 9.18 Å². The minimum atomic E-state index is -0.865. The highest BCUT2D eigenvalue weighted by Crippen LogP contribution is 2.18. The number of carbonyl (C=O) groups is 2. The van der Waals surface area contributed by atoms with Crippen LogP contribution in [0.1, 0.15) is 31.9 Å². The molecule has 3 rings (SSSR count). The summed E-state index contributed by atoms with van der Waals surface area (Å²) in [6, 6.07) is 18.8. The Bertz CT molecular complexity index is 1050. The van der Waals surface area contributed by atoms with Crippen LogP contribution >= 0.6 is 0 Å². The van der Waals surface area contributed by atoms with Crippen molar-refractivity contribution >= 4 is 22.8 Å². The molecule has 0 aromatic heterocycles. The van der Waals surface area contributed by atoms with Crippen LogP contribution in [0.5, 0.6) is 0 Å². The Kier molecular flexibility index (Phi) is 6.90. The number of hydrogen-bond donors (Lipinski definition) is 2. The van der Waals surface area contributed by atoms with Gasteiger partial charge in [0.1, 0.15) is 17.5 Å². The summed E-state index contributed by atoms with van der Waals surface area (Å²) in [6.07, 6.45) is -0.471. The largest absolute Gasteiger partial charge is 0.444 e. The van der Waals surface area contributed by atoms with Crippen molar-refractivity contribution in [1.82, 2.24) is 10.6 Å². The lowest BCUT2D eigenvalue weighted by Gasteiger charge is -2.23. The molecule has 0 spiro atoms. The van der Waals surface area contributed by atoms with E-state index < -0.39 is 17.7 Å². The number of benzene rings is 3. The predicted octanol–water partition coefficient (Wildman–Crippen LogP) is 4.73. The summed E-state index contributed by atoms with van der Waals surface area (Å²) in [4.78, 5) is 25.3. The molecule has 0 aliphatic heterocycles. The number of alkyl carbamates (subject to hydrolysis) is 1. The van der Waals surface area contributed by atoms with Gasteiger partial charge in [-0.15, -0.1) is 0 Å². The van der Waals surface area contributed by atoms with E-state index in [9.17, 15) is 14.0 Å². The van der Waals surface area contributed by atoms with Crippen molar-refractivity contribution in [1.29, 1.82) is 0 Å². The number of ether oxygens (including phenoxy) is 1. The van der Waals surface area contributed by atoms with Crippen molar-refractivity contribution in [2.45, 2.75) is 45.4 Å². The number of nitrogens with one attached hydrogen (secondary N) is 2. The molecule has 31 heavy (non-hydrogen) atoms. The second-order valence-corrected chi connectivity index (χ2v) is 8.39. The first kappa shape index (κ1) is 22.3. The smallest absolute Gasteiger partial charge is 0.408 e. The van der Waals surface area contributed by atoms with E-state index in [2.05, 4.69) is 10.6 Å². The summed E-state index contributed by atoms with van der Waals surface area (Å²) in [7, 11) is 0. The highest BCUT2D eigenvalue weighted by Gasteiger charge is 2.24. The van der Waals surface area contributed by atoms with Crippen molar-refractivity contribution in [2.75, 3.05) is 0 Å². The average Bonchev–Trinajstić information content (AvgIpc) is 2.71. The van der Waals surface area contributed by atoms with Gasteiger partial charge in [-0.2, -0.15) is 0 Å². The third-order valence-electron chi connectivity index (χ3n) is 4.69. The zero-order valence-corrected chi connectivity index (χ0v) is 17.9. The van der Waals surface area contributed by atoms with Crippen LogP contribution in [0.4, 0.5) is 9.18 Å². The van der Waals surface area contributed by atoms with Gasteiger partial charge in [-0.1, -0.05) is 54.6 Å². The normalized spacial score (nSPS) is 12.3. The lowest BCUT2D eigenvalue weighted by atomic mass is 10.0. The average molecular weight is 423 g/mol. The van der Waals surface area contributed by atoms with Gasteiger partial charge < -0.3 is 15.4 Å². The van der Waals surface area contributed by atoms with E-state index in [0.717, 1.165) is 21.9 Å². The summed E-state index contributed by atoms with van der Waals surface area (Å²) >= 11 is 0. The van der Waals surface area contributed by atoms with Crippen molar-refractivity contribution in [2.24, 2.45) is 0 Å². The van der Waals surface area contributed by atoms with Crippen LogP contribution in [0.15, 0.2) is 66.7 Å². The number of amides is 2. The monoisotopic (exact) mass is 422 g/mol. The van der Waals surface area contributed by atoms with E-state index in [1.165, 1.54) is 12.1 Å². The third-order valence-corrected chi connectivity index (χ3v) is 4.69. The molecule has 3 aromatic carbocycles. The van der Waals surface area contributed by atoms with Crippen LogP contribution in [-0.2, 0) is 22.5 Å². The second-order valence-electron chi connectivity index (χ2n) is 8.39. The molecule has 6 heteroatoms. The number of hydrogen-bond acceptors (Lipinski definition) is 3. The van der Waals surface area contributed by atoms with Gasteiger partial charge in [0.15, 0.2) is 0 Å². The molecule has 2 N–H and O–H groups in total. The standard InChI is InChI=1S/C25H27FN2O3/c1-25(2,3)31-24(30)28-22(15-17-11-13-20(26)14-12-17)23(29)27-16-19-9-6-8-18-7-4-5-10-21(18)19/h4-14,22H,15-16H2,1-3H3,(H,27,29)(H,28,30). The first-order valence-electron chi connectivity index (χ1n) is 10.2. The Morgan fingerprint density at radius 1 is 0.968 bits per heavy atom. The summed E-state index contributed by atoms with van der Waals surface area (Å²) < 4.78 is 18.6. The highest BCUT2D eigenvalue weighted by molar-refractivity contribution is 5.88. The molecule has 1 atom stereocenters. The fourth-order valence-electron chi connectivity index (χ4n) is 3.27. The summed E-state index contributed by atoms with van der Waals surface area (Å²) in [5.41, 5.74) is 1.01. The Morgan fingerprint density at radius 3 is 2.35 bits per heavy atom. The third kappa shape index (κ3) is 6.54. The van der Waals surface area contributed by atoms with Crippen LogP contribution in [0.25, 0.3) is 10.8 Å². The quantitative estimate of drug-likeness (QED) is 0.603. The summed E-state index contributed by atoms with van der Waals surface area (Å²) in [5.74, 6) is -0.705. The summed E-state index contributed by atoms with van der Waals surface area (Å²) in [6.45, 7) is 5.57. The van der Waals surface area contributed by atoms with Gasteiger partial charge in [-0.3, -0.25) is 4.79 Å². The SMILES string of the molecule is CC(C)(C)OC(=O)NC(Cc1ccc(F)cc1)C(=O)NCc1cccc2ccccc12. The van der Waals surface area contributed by atoms with E-state index in [1.54, 1.807) is 32.9 Å². The molecule has 0 radical (unpaired) electrons. The fourth-order valence-corrected chi connectivity index (χ4v) is 3.27. The van der Waals surface area contributed by atoms with Gasteiger partial charge in [-0.05, 0) is 54.8 Å². The van der Waals surface area contributed by atoms with Gasteiger partial charge in [0, 0.05) is 13.0 Å². The molecule has 0 saturated heterocycles. The van der Waals surface area contributed by atoms with Gasteiger partial charge in [0.05, 0.1) is 0 Å². The Labute approximate surface area is 181 Å². The fraction of sp³-hybridized carbons (Fsp3) is 0.280. The van der Waals surface area contributed by atoms with Crippen molar-refractivity contribution in [3.63, 3.8) is 0 Å². The van der Waals surface area contributed by atoms with Gasteiger partial charge in [0.25, 0.3) is 0 Å². The van der Waals surface area contributed by atoms with Crippen LogP contribution in [0.3, 0.4) is 0 Å². The molecule has 1 unspecified atom stereocenters. The Balaban J connectivity index is 1.74. The molecule has 2 amide bonds. The van der Waals surface area contributed by atoms with Crippen LogP contribution in [0, 0.1) is 5.82 Å². The maximum atomic E-state index is 13.2. The van der Waals surface area contributed by atoms with E-state index in [0.29, 0.717) is 6.54 Å². The number of carbonyl (C=O) groups excluding carboxylic acids is 2. The predicted molar refractivity (Wildman–Crippen MR) is 119 cm³/mol. The maximum absolute atomic E-state index is 13.2. The first-order valence-corrected chi connectivity index (χ1v) is 10.2. The molecular formula is C25H27FN2O3. The number of fused-ring (bicyclic) bond motifs is 1. The number of halogens is 1. The molecule has 0 heterocycles. The molecule has 0 bridgehead atoms.